The predicted molar refractivity (Wildman–Crippen MR) is 142 cm³/mol. The lowest BCUT2D eigenvalue weighted by atomic mass is 10.0. The number of rotatable bonds is 8. The first kappa shape index (κ1) is 26.7. The molecule has 2 heterocycles. The zero-order chi connectivity index (χ0) is 27.2. The summed E-state index contributed by atoms with van der Waals surface area (Å²) in [6.45, 7) is 9.59. The number of hydrogen-bond donors (Lipinski definition) is 2. The second-order valence-electron chi connectivity index (χ2n) is 9.24. The zero-order valence-corrected chi connectivity index (χ0v) is 21.3. The van der Waals surface area contributed by atoms with Crippen LogP contribution in [0.5, 0.6) is 5.75 Å². The number of carbonyl (C=O) groups excluding carboxylic acids is 2. The molecule has 4 rings (SSSR count). The molecule has 0 spiro atoms. The number of halogens is 1. The highest BCUT2D eigenvalue weighted by atomic mass is 19.1. The molecule has 1 aromatic heterocycles. The third-order valence-electron chi connectivity index (χ3n) is 6.53. The molecular formula is C28H30FN5O4. The van der Waals surface area contributed by atoms with Crippen LogP contribution in [0.4, 0.5) is 10.1 Å². The van der Waals surface area contributed by atoms with Crippen LogP contribution in [0.3, 0.4) is 0 Å². The second kappa shape index (κ2) is 11.8. The monoisotopic (exact) mass is 519 g/mol. The molecule has 3 aromatic rings. The maximum Gasteiger partial charge on any atom is 0.287 e. The van der Waals surface area contributed by atoms with Gasteiger partial charge in [0.1, 0.15) is 23.4 Å². The molecule has 198 valence electrons. The summed E-state index contributed by atoms with van der Waals surface area (Å²) in [5, 5.41) is 8.42. The van der Waals surface area contributed by atoms with Crippen molar-refractivity contribution in [2.45, 2.75) is 26.0 Å². The highest BCUT2D eigenvalue weighted by molar-refractivity contribution is 6.04. The van der Waals surface area contributed by atoms with Crippen molar-refractivity contribution < 1.29 is 18.7 Å². The summed E-state index contributed by atoms with van der Waals surface area (Å²) in [5.41, 5.74) is 1.15. The van der Waals surface area contributed by atoms with Gasteiger partial charge in [0.05, 0.1) is 0 Å². The molecule has 2 atom stereocenters. The first-order valence-corrected chi connectivity index (χ1v) is 12.3. The van der Waals surface area contributed by atoms with Crippen molar-refractivity contribution in [3.63, 3.8) is 0 Å². The van der Waals surface area contributed by atoms with Gasteiger partial charge >= 0.3 is 0 Å². The Morgan fingerprint density at radius 3 is 2.66 bits per heavy atom. The van der Waals surface area contributed by atoms with Crippen LogP contribution in [0.2, 0.25) is 0 Å². The molecule has 1 saturated heterocycles. The first-order chi connectivity index (χ1) is 18.2. The molecule has 0 radical (unpaired) electrons. The summed E-state index contributed by atoms with van der Waals surface area (Å²) in [5.74, 6) is -0.360. The van der Waals surface area contributed by atoms with Crippen molar-refractivity contribution in [3.05, 3.63) is 100 Å². The van der Waals surface area contributed by atoms with Crippen molar-refractivity contribution in [2.24, 2.45) is 0 Å². The van der Waals surface area contributed by atoms with E-state index >= 15 is 0 Å². The van der Waals surface area contributed by atoms with Crippen molar-refractivity contribution >= 4 is 17.5 Å². The average molecular weight is 520 g/mol. The lowest BCUT2D eigenvalue weighted by Gasteiger charge is -2.40. The van der Waals surface area contributed by atoms with E-state index in [9.17, 15) is 18.8 Å². The SMILES string of the molecule is C=CC(=O)N1CCN(C[C@H](Oc2ccc(C(=O)Nc3ccn[nH]c3=O)cc2)c2ccc(C)c(F)c2)C[C@H]1C. The number of benzene rings is 2. The number of amides is 2. The Morgan fingerprint density at radius 1 is 1.24 bits per heavy atom. The van der Waals surface area contributed by atoms with E-state index in [1.54, 1.807) is 42.2 Å². The van der Waals surface area contributed by atoms with Crippen molar-refractivity contribution in [1.82, 2.24) is 20.0 Å². The van der Waals surface area contributed by atoms with Gasteiger partial charge in [0, 0.05) is 44.0 Å². The second-order valence-corrected chi connectivity index (χ2v) is 9.24. The van der Waals surface area contributed by atoms with E-state index in [-0.39, 0.29) is 23.5 Å². The van der Waals surface area contributed by atoms with Gasteiger partial charge in [-0.15, -0.1) is 0 Å². The molecule has 2 aromatic carbocycles. The number of ether oxygens (including phenoxy) is 1. The van der Waals surface area contributed by atoms with Gasteiger partial charge in [-0.05, 0) is 67.4 Å². The number of nitrogens with one attached hydrogen (secondary N) is 2. The molecule has 10 heteroatoms. The predicted octanol–water partition coefficient (Wildman–Crippen LogP) is 3.31. The van der Waals surface area contributed by atoms with Gasteiger partial charge in [0.2, 0.25) is 5.91 Å². The van der Waals surface area contributed by atoms with E-state index in [1.165, 1.54) is 24.4 Å². The van der Waals surface area contributed by atoms with E-state index < -0.39 is 17.6 Å². The van der Waals surface area contributed by atoms with E-state index in [4.69, 9.17) is 4.74 Å². The number of piperazine rings is 1. The number of aromatic amines is 1. The summed E-state index contributed by atoms with van der Waals surface area (Å²) < 4.78 is 20.8. The minimum Gasteiger partial charge on any atom is -0.484 e. The number of hydrogen-bond acceptors (Lipinski definition) is 6. The minimum absolute atomic E-state index is 0.00455. The molecule has 9 nitrogen and oxygen atoms in total. The van der Waals surface area contributed by atoms with Crippen LogP contribution in [0.1, 0.15) is 34.5 Å². The van der Waals surface area contributed by atoms with Crippen LogP contribution < -0.4 is 15.6 Å². The topological polar surface area (TPSA) is 108 Å². The average Bonchev–Trinajstić information content (AvgIpc) is 2.91. The van der Waals surface area contributed by atoms with Crippen LogP contribution in [0.15, 0.2) is 72.2 Å². The van der Waals surface area contributed by atoms with Crippen molar-refractivity contribution in [1.29, 1.82) is 0 Å². The van der Waals surface area contributed by atoms with Gasteiger partial charge in [0.15, 0.2) is 0 Å². The number of H-pyrrole nitrogens is 1. The molecule has 2 amide bonds. The Hall–Kier alpha value is -4.31. The molecule has 1 fully saturated rings. The van der Waals surface area contributed by atoms with Gasteiger partial charge in [-0.25, -0.2) is 9.49 Å². The fourth-order valence-corrected chi connectivity index (χ4v) is 4.38. The molecule has 0 aliphatic carbocycles. The van der Waals surface area contributed by atoms with Gasteiger partial charge in [-0.3, -0.25) is 19.3 Å². The third kappa shape index (κ3) is 6.33. The molecule has 0 unspecified atom stereocenters. The Labute approximate surface area is 219 Å². The Bertz CT molecular complexity index is 1370. The van der Waals surface area contributed by atoms with Crippen LogP contribution in [-0.2, 0) is 4.79 Å². The summed E-state index contributed by atoms with van der Waals surface area (Å²) in [6, 6.07) is 13.0. The molecule has 1 aliphatic rings. The van der Waals surface area contributed by atoms with E-state index in [0.29, 0.717) is 48.6 Å². The molecule has 0 saturated carbocycles. The van der Waals surface area contributed by atoms with E-state index in [2.05, 4.69) is 27.0 Å². The summed E-state index contributed by atoms with van der Waals surface area (Å²) >= 11 is 0. The lowest BCUT2D eigenvalue weighted by molar-refractivity contribution is -0.130. The maximum absolute atomic E-state index is 14.5. The largest absolute Gasteiger partial charge is 0.484 e. The van der Waals surface area contributed by atoms with Crippen LogP contribution >= 0.6 is 0 Å². The number of anilines is 1. The normalized spacial score (nSPS) is 16.5. The number of aryl methyl sites for hydroxylation is 1. The fraction of sp³-hybridized carbons (Fsp3) is 0.286. The van der Waals surface area contributed by atoms with Gasteiger partial charge in [0.25, 0.3) is 11.5 Å². The van der Waals surface area contributed by atoms with Crippen LogP contribution in [-0.4, -0.2) is 64.0 Å². The highest BCUT2D eigenvalue weighted by Crippen LogP contribution is 2.26. The zero-order valence-electron chi connectivity index (χ0n) is 21.3. The Kier molecular flexibility index (Phi) is 8.32. The van der Waals surface area contributed by atoms with Crippen LogP contribution in [0, 0.1) is 12.7 Å². The third-order valence-corrected chi connectivity index (χ3v) is 6.53. The maximum atomic E-state index is 14.5. The lowest BCUT2D eigenvalue weighted by Crippen LogP contribution is -2.54. The van der Waals surface area contributed by atoms with Gasteiger partial charge in [-0.2, -0.15) is 5.10 Å². The molecule has 2 N–H and O–H groups in total. The minimum atomic E-state index is -0.502. The van der Waals surface area contributed by atoms with Gasteiger partial charge < -0.3 is 15.0 Å². The number of carbonyl (C=O) groups is 2. The highest BCUT2D eigenvalue weighted by Gasteiger charge is 2.28. The standard InChI is InChI=1S/C28H30FN5O4/c1-4-26(35)34-14-13-33(16-19(34)3)17-25(21-6-5-18(2)23(29)15-21)38-22-9-7-20(8-10-22)27(36)31-24-11-12-30-32-28(24)37/h4-12,15,19,25H,1,13-14,16-17H2,2-3H3,(H,32,37)(H,30,31,36)/t19-,25+/m1/s1. The summed E-state index contributed by atoms with van der Waals surface area (Å²) in [4.78, 5) is 40.4. The quantitative estimate of drug-likeness (QED) is 0.442. The molecule has 0 bridgehead atoms. The Morgan fingerprint density at radius 2 is 2.00 bits per heavy atom. The summed E-state index contributed by atoms with van der Waals surface area (Å²) in [6.07, 6.45) is 2.21. The molecule has 38 heavy (non-hydrogen) atoms. The van der Waals surface area contributed by atoms with Crippen molar-refractivity contribution in [2.75, 3.05) is 31.5 Å². The molecule has 1 aliphatic heterocycles. The van der Waals surface area contributed by atoms with Gasteiger partial charge in [-0.1, -0.05) is 18.7 Å². The van der Waals surface area contributed by atoms with Crippen LogP contribution in [0.25, 0.3) is 0 Å². The number of nitrogens with zero attached hydrogens (tertiary/aromatic N) is 3. The fourth-order valence-electron chi connectivity index (χ4n) is 4.38. The van der Waals surface area contributed by atoms with E-state index in [0.717, 1.165) is 0 Å². The molecular weight excluding hydrogens is 489 g/mol. The summed E-state index contributed by atoms with van der Waals surface area (Å²) in [7, 11) is 0. The number of aromatic nitrogens is 2. The van der Waals surface area contributed by atoms with Crippen molar-refractivity contribution in [3.8, 4) is 5.75 Å². The first-order valence-electron chi connectivity index (χ1n) is 12.3. The Balaban J connectivity index is 1.49. The smallest absolute Gasteiger partial charge is 0.287 e. The van der Waals surface area contributed by atoms with E-state index in [1.807, 2.05) is 13.0 Å².